The summed E-state index contributed by atoms with van der Waals surface area (Å²) in [5, 5.41) is 0.295. The highest BCUT2D eigenvalue weighted by atomic mass is 17.0. The average Bonchev–Trinajstić information content (AvgIpc) is 3.50. The summed E-state index contributed by atoms with van der Waals surface area (Å²) in [5.74, 6) is -3.42. The van der Waals surface area contributed by atoms with Crippen molar-refractivity contribution in [3.8, 4) is 0 Å². The number of rotatable bonds is 7. The molecule has 2 aromatic rings. The van der Waals surface area contributed by atoms with Gasteiger partial charge in [-0.25, -0.2) is 14.4 Å². The number of nitrogens with zero attached hydrogens (tertiary/aromatic N) is 2. The average molecular weight is 498 g/mol. The van der Waals surface area contributed by atoms with Crippen molar-refractivity contribution < 1.29 is 43.1 Å². The predicted molar refractivity (Wildman–Crippen MR) is 121 cm³/mol. The molecular formula is C24H24N3O9+. The van der Waals surface area contributed by atoms with Gasteiger partial charge in [0.1, 0.15) is 19.8 Å². The van der Waals surface area contributed by atoms with Crippen LogP contribution in [-0.4, -0.2) is 60.4 Å². The SMILES string of the molecule is NCC(=O)[N+](C(=O)OCc1ccccc1)(c1ccccc1)[C@H]1CON(OC(=O)C2CCC(=O)O2)C1=O. The van der Waals surface area contributed by atoms with Gasteiger partial charge in [-0.2, -0.15) is 4.79 Å². The van der Waals surface area contributed by atoms with E-state index in [2.05, 4.69) is 0 Å². The Labute approximate surface area is 205 Å². The fourth-order valence-corrected chi connectivity index (χ4v) is 4.04. The largest absolute Gasteiger partial charge is 0.530 e. The number of imide groups is 1. The number of para-hydroxylation sites is 1. The molecule has 0 aliphatic carbocycles. The lowest BCUT2D eigenvalue weighted by Gasteiger charge is -2.33. The van der Waals surface area contributed by atoms with Gasteiger partial charge in [-0.15, -0.1) is 4.48 Å². The zero-order valence-electron chi connectivity index (χ0n) is 19.1. The summed E-state index contributed by atoms with van der Waals surface area (Å²) in [6.07, 6.45) is -2.13. The number of quaternary nitrogens is 1. The summed E-state index contributed by atoms with van der Waals surface area (Å²) >= 11 is 0. The van der Waals surface area contributed by atoms with E-state index in [1.54, 1.807) is 48.5 Å². The van der Waals surface area contributed by atoms with Crippen LogP contribution < -0.4 is 10.2 Å². The Hall–Kier alpha value is -4.13. The molecule has 3 atom stereocenters. The second-order valence-corrected chi connectivity index (χ2v) is 8.03. The molecule has 2 N–H and O–H groups in total. The molecule has 2 aliphatic heterocycles. The zero-order chi connectivity index (χ0) is 25.7. The normalized spacial score (nSPS) is 21.0. The van der Waals surface area contributed by atoms with Crippen molar-refractivity contribution >= 4 is 35.5 Å². The molecule has 0 saturated carbocycles. The predicted octanol–water partition coefficient (Wildman–Crippen LogP) is 1.12. The van der Waals surface area contributed by atoms with E-state index in [0.29, 0.717) is 10.8 Å². The highest BCUT2D eigenvalue weighted by molar-refractivity contribution is 6.11. The molecule has 2 fully saturated rings. The Morgan fingerprint density at radius 3 is 2.31 bits per heavy atom. The van der Waals surface area contributed by atoms with Crippen molar-refractivity contribution in [1.29, 1.82) is 0 Å². The summed E-state index contributed by atoms with van der Waals surface area (Å²) in [4.78, 5) is 74.2. The van der Waals surface area contributed by atoms with E-state index < -0.39 is 59.6 Å². The van der Waals surface area contributed by atoms with Crippen LogP contribution in [-0.2, 0) is 44.9 Å². The maximum atomic E-state index is 13.6. The van der Waals surface area contributed by atoms with Crippen LogP contribution in [0.5, 0.6) is 0 Å². The maximum Gasteiger partial charge on any atom is 0.530 e. The number of ether oxygens (including phenoxy) is 2. The van der Waals surface area contributed by atoms with Crippen LogP contribution in [0.4, 0.5) is 10.5 Å². The molecule has 12 nitrogen and oxygen atoms in total. The third-order valence-electron chi connectivity index (χ3n) is 5.83. The molecule has 2 aromatic carbocycles. The summed E-state index contributed by atoms with van der Waals surface area (Å²) in [6.45, 7) is -1.27. The summed E-state index contributed by atoms with van der Waals surface area (Å²) in [7, 11) is 0. The monoisotopic (exact) mass is 498 g/mol. The van der Waals surface area contributed by atoms with E-state index >= 15 is 0 Å². The van der Waals surface area contributed by atoms with Gasteiger partial charge in [0.25, 0.3) is 0 Å². The molecular weight excluding hydrogens is 474 g/mol. The Morgan fingerprint density at radius 2 is 1.69 bits per heavy atom. The van der Waals surface area contributed by atoms with Crippen molar-refractivity contribution in [2.24, 2.45) is 5.73 Å². The molecule has 188 valence electrons. The van der Waals surface area contributed by atoms with Crippen molar-refractivity contribution in [1.82, 2.24) is 9.71 Å². The third-order valence-corrected chi connectivity index (χ3v) is 5.83. The number of hydrogen-bond acceptors (Lipinski definition) is 10. The van der Waals surface area contributed by atoms with E-state index in [1.165, 1.54) is 12.1 Å². The second-order valence-electron chi connectivity index (χ2n) is 8.03. The fraction of sp³-hybridized carbons (Fsp3) is 0.292. The number of nitrogens with two attached hydrogens (primary N) is 1. The first kappa shape index (κ1) is 25.0. The first-order chi connectivity index (χ1) is 17.4. The van der Waals surface area contributed by atoms with E-state index in [0.717, 1.165) is 0 Å². The van der Waals surface area contributed by atoms with Crippen LogP contribution in [0.3, 0.4) is 0 Å². The molecule has 4 rings (SSSR count). The number of hydrogen-bond donors (Lipinski definition) is 1. The molecule has 0 radical (unpaired) electrons. The Balaban J connectivity index is 1.64. The van der Waals surface area contributed by atoms with Crippen LogP contribution in [0.25, 0.3) is 0 Å². The molecule has 0 aromatic heterocycles. The number of esters is 1. The van der Waals surface area contributed by atoms with Gasteiger partial charge >= 0.3 is 29.8 Å². The number of benzene rings is 2. The smallest absolute Gasteiger partial charge is 0.450 e. The molecule has 2 heterocycles. The minimum Gasteiger partial charge on any atom is -0.450 e. The van der Waals surface area contributed by atoms with Crippen molar-refractivity contribution in [2.45, 2.75) is 31.6 Å². The van der Waals surface area contributed by atoms with Crippen LogP contribution in [0.15, 0.2) is 60.7 Å². The Morgan fingerprint density at radius 1 is 1.03 bits per heavy atom. The van der Waals surface area contributed by atoms with Crippen LogP contribution in [0.1, 0.15) is 18.4 Å². The second kappa shape index (κ2) is 10.6. The Kier molecular flexibility index (Phi) is 7.38. The fourth-order valence-electron chi connectivity index (χ4n) is 4.04. The lowest BCUT2D eigenvalue weighted by molar-refractivity contribution is -0.306. The van der Waals surface area contributed by atoms with E-state index in [4.69, 9.17) is 24.9 Å². The number of carbonyl (C=O) groups excluding carboxylic acids is 5. The van der Waals surface area contributed by atoms with Crippen LogP contribution in [0.2, 0.25) is 0 Å². The van der Waals surface area contributed by atoms with Gasteiger partial charge in [-0.3, -0.25) is 9.59 Å². The highest BCUT2D eigenvalue weighted by Gasteiger charge is 2.62. The van der Waals surface area contributed by atoms with Gasteiger partial charge in [0.05, 0.1) is 0 Å². The number of amides is 3. The van der Waals surface area contributed by atoms with Gasteiger partial charge in [-0.1, -0.05) is 48.5 Å². The summed E-state index contributed by atoms with van der Waals surface area (Å²) in [5.41, 5.74) is 6.47. The van der Waals surface area contributed by atoms with E-state index in [1.807, 2.05) is 0 Å². The minimum absolute atomic E-state index is 0.0312. The number of hydroxylamine groups is 2. The topological polar surface area (TPSA) is 152 Å². The molecule has 2 unspecified atom stereocenters. The first-order valence-electron chi connectivity index (χ1n) is 11.1. The number of carbonyl (C=O) groups is 5. The van der Waals surface area contributed by atoms with Gasteiger partial charge in [0, 0.05) is 25.0 Å². The lowest BCUT2D eigenvalue weighted by atomic mass is 10.1. The van der Waals surface area contributed by atoms with Crippen molar-refractivity contribution in [3.05, 3.63) is 66.2 Å². The number of cyclic esters (lactones) is 1. The zero-order valence-corrected chi connectivity index (χ0v) is 19.1. The summed E-state index contributed by atoms with van der Waals surface area (Å²) in [6, 6.07) is 15.1. The van der Waals surface area contributed by atoms with Gasteiger partial charge in [-0.05, 0) is 10.8 Å². The molecule has 0 spiro atoms. The third kappa shape index (κ3) is 4.69. The van der Waals surface area contributed by atoms with Crippen LogP contribution in [0, 0.1) is 0 Å². The molecule has 12 heteroatoms. The van der Waals surface area contributed by atoms with Crippen LogP contribution >= 0.6 is 0 Å². The molecule has 2 aliphatic rings. The quantitative estimate of drug-likeness (QED) is 0.434. The minimum atomic E-state index is -1.51. The Bertz CT molecular complexity index is 1160. The lowest BCUT2D eigenvalue weighted by Crippen LogP contribution is -2.69. The summed E-state index contributed by atoms with van der Waals surface area (Å²) < 4.78 is 9.11. The molecule has 36 heavy (non-hydrogen) atoms. The van der Waals surface area contributed by atoms with Crippen molar-refractivity contribution in [2.75, 3.05) is 13.2 Å². The van der Waals surface area contributed by atoms with Crippen molar-refractivity contribution in [3.63, 3.8) is 0 Å². The molecule has 2 saturated heterocycles. The highest BCUT2D eigenvalue weighted by Crippen LogP contribution is 2.33. The molecule has 0 bridgehead atoms. The van der Waals surface area contributed by atoms with Gasteiger partial charge in [0.2, 0.25) is 12.1 Å². The van der Waals surface area contributed by atoms with E-state index in [-0.39, 0.29) is 25.1 Å². The van der Waals surface area contributed by atoms with Gasteiger partial charge in [0.15, 0.2) is 5.69 Å². The van der Waals surface area contributed by atoms with E-state index in [9.17, 15) is 24.0 Å². The van der Waals surface area contributed by atoms with Gasteiger partial charge < -0.3 is 20.0 Å². The first-order valence-corrected chi connectivity index (χ1v) is 11.1. The maximum absolute atomic E-state index is 13.6. The standard InChI is InChI=1S/C24H24N3O9/c25-13-20(28)27(17-9-5-2-6-10-17,24(32)33-14-16-7-3-1-4-8-16)18-15-34-26(22(18)30)36-23(31)19-11-12-21(29)35-19/h1-10,18-19H,11-15,25H2/q+1/t18-,19?,27?/m0/s1. The molecule has 3 amide bonds.